The Hall–Kier alpha value is -0.570. The molecule has 0 heterocycles. The number of rotatable bonds is 2. The van der Waals surface area contributed by atoms with Crippen molar-refractivity contribution in [2.24, 2.45) is 17.6 Å². The molecule has 82 valence electrons. The average molecular weight is 198 g/mol. The number of nitrogens with one attached hydrogen (secondary N) is 1. The molecule has 1 aliphatic carbocycles. The van der Waals surface area contributed by atoms with E-state index in [1.165, 1.54) is 6.42 Å². The van der Waals surface area contributed by atoms with Crippen LogP contribution in [0, 0.1) is 11.8 Å². The fourth-order valence-electron chi connectivity index (χ4n) is 2.01. The van der Waals surface area contributed by atoms with E-state index in [0.717, 1.165) is 18.8 Å². The molecule has 0 aromatic carbocycles. The van der Waals surface area contributed by atoms with Gasteiger partial charge in [0.25, 0.3) is 0 Å². The average Bonchev–Trinajstić information content (AvgIpc) is 2.11. The van der Waals surface area contributed by atoms with Crippen molar-refractivity contribution in [3.05, 3.63) is 0 Å². The highest BCUT2D eigenvalue weighted by molar-refractivity contribution is 5.81. The Kier molecular flexibility index (Phi) is 3.93. The number of hydrogen-bond acceptors (Lipinski definition) is 2. The van der Waals surface area contributed by atoms with Crippen molar-refractivity contribution < 1.29 is 4.79 Å². The van der Waals surface area contributed by atoms with E-state index < -0.39 is 0 Å². The SMILES string of the molecule is CC1CCC(NC(=O)[C@H](C)N)CC1C. The van der Waals surface area contributed by atoms with E-state index in [1.807, 2.05) is 0 Å². The summed E-state index contributed by atoms with van der Waals surface area (Å²) in [6.07, 6.45) is 3.41. The second kappa shape index (κ2) is 4.78. The van der Waals surface area contributed by atoms with Crippen LogP contribution in [0.3, 0.4) is 0 Å². The van der Waals surface area contributed by atoms with Crippen molar-refractivity contribution in [3.8, 4) is 0 Å². The van der Waals surface area contributed by atoms with E-state index in [4.69, 9.17) is 5.73 Å². The van der Waals surface area contributed by atoms with Gasteiger partial charge >= 0.3 is 0 Å². The molecule has 0 aromatic heterocycles. The molecular formula is C11H22N2O. The number of hydrogen-bond donors (Lipinski definition) is 2. The summed E-state index contributed by atoms with van der Waals surface area (Å²) in [5.74, 6) is 1.48. The predicted octanol–water partition coefficient (Wildman–Crippen LogP) is 1.27. The summed E-state index contributed by atoms with van der Waals surface area (Å²) in [4.78, 5) is 11.4. The van der Waals surface area contributed by atoms with Crippen LogP contribution in [-0.2, 0) is 4.79 Å². The lowest BCUT2D eigenvalue weighted by Crippen LogP contribution is -2.46. The summed E-state index contributed by atoms with van der Waals surface area (Å²) in [5.41, 5.74) is 5.50. The molecule has 0 spiro atoms. The molecule has 3 unspecified atom stereocenters. The summed E-state index contributed by atoms with van der Waals surface area (Å²) in [6, 6.07) is -0.0376. The maximum atomic E-state index is 11.4. The fourth-order valence-corrected chi connectivity index (χ4v) is 2.01. The Morgan fingerprint density at radius 3 is 2.50 bits per heavy atom. The van der Waals surface area contributed by atoms with E-state index in [1.54, 1.807) is 6.92 Å². The van der Waals surface area contributed by atoms with Gasteiger partial charge in [0.1, 0.15) is 0 Å². The monoisotopic (exact) mass is 198 g/mol. The van der Waals surface area contributed by atoms with Gasteiger partial charge in [-0.2, -0.15) is 0 Å². The van der Waals surface area contributed by atoms with Crippen molar-refractivity contribution in [1.82, 2.24) is 5.32 Å². The Bertz CT molecular complexity index is 203. The van der Waals surface area contributed by atoms with Gasteiger partial charge in [-0.05, 0) is 38.0 Å². The van der Waals surface area contributed by atoms with Crippen LogP contribution < -0.4 is 11.1 Å². The molecule has 3 N–H and O–H groups in total. The highest BCUT2D eigenvalue weighted by Gasteiger charge is 2.25. The van der Waals surface area contributed by atoms with Crippen LogP contribution in [0.1, 0.15) is 40.0 Å². The largest absolute Gasteiger partial charge is 0.352 e. The van der Waals surface area contributed by atoms with Gasteiger partial charge < -0.3 is 11.1 Å². The molecule has 0 aliphatic heterocycles. The first-order chi connectivity index (χ1) is 6.50. The smallest absolute Gasteiger partial charge is 0.236 e. The molecule has 0 radical (unpaired) electrons. The van der Waals surface area contributed by atoms with E-state index in [-0.39, 0.29) is 11.9 Å². The molecule has 1 fully saturated rings. The summed E-state index contributed by atoms with van der Waals surface area (Å²) in [6.45, 7) is 6.27. The van der Waals surface area contributed by atoms with Crippen LogP contribution in [0.25, 0.3) is 0 Å². The molecule has 14 heavy (non-hydrogen) atoms. The highest BCUT2D eigenvalue weighted by atomic mass is 16.2. The summed E-state index contributed by atoms with van der Waals surface area (Å²) in [5, 5.41) is 3.01. The maximum absolute atomic E-state index is 11.4. The molecule has 0 aromatic rings. The zero-order chi connectivity index (χ0) is 10.7. The second-order valence-corrected chi connectivity index (χ2v) is 4.76. The lowest BCUT2D eigenvalue weighted by atomic mass is 9.79. The Labute approximate surface area is 86.4 Å². The zero-order valence-electron chi connectivity index (χ0n) is 9.42. The lowest BCUT2D eigenvalue weighted by Gasteiger charge is -2.32. The Balaban J connectivity index is 2.37. The van der Waals surface area contributed by atoms with Gasteiger partial charge in [0.2, 0.25) is 5.91 Å². The normalized spacial score (nSPS) is 35.0. The minimum atomic E-state index is -0.385. The van der Waals surface area contributed by atoms with Crippen molar-refractivity contribution in [3.63, 3.8) is 0 Å². The molecule has 0 bridgehead atoms. The molecule has 3 nitrogen and oxygen atoms in total. The molecular weight excluding hydrogens is 176 g/mol. The van der Waals surface area contributed by atoms with E-state index in [2.05, 4.69) is 19.2 Å². The van der Waals surface area contributed by atoms with Gasteiger partial charge in [-0.15, -0.1) is 0 Å². The molecule has 1 aliphatic rings. The lowest BCUT2D eigenvalue weighted by molar-refractivity contribution is -0.123. The zero-order valence-corrected chi connectivity index (χ0v) is 9.42. The number of nitrogens with two attached hydrogens (primary N) is 1. The van der Waals surface area contributed by atoms with Crippen molar-refractivity contribution >= 4 is 5.91 Å². The topological polar surface area (TPSA) is 55.1 Å². The molecule has 0 saturated heterocycles. The summed E-state index contributed by atoms with van der Waals surface area (Å²) in [7, 11) is 0. The van der Waals surface area contributed by atoms with Crippen LogP contribution in [0.4, 0.5) is 0 Å². The third kappa shape index (κ3) is 2.98. The molecule has 3 heteroatoms. The van der Waals surface area contributed by atoms with Crippen LogP contribution in [-0.4, -0.2) is 18.0 Å². The molecule has 4 atom stereocenters. The number of carbonyl (C=O) groups is 1. The molecule has 1 rings (SSSR count). The third-order valence-electron chi connectivity index (χ3n) is 3.36. The van der Waals surface area contributed by atoms with Crippen molar-refractivity contribution in [2.75, 3.05) is 0 Å². The van der Waals surface area contributed by atoms with Crippen LogP contribution in [0.15, 0.2) is 0 Å². The summed E-state index contributed by atoms with van der Waals surface area (Å²) >= 11 is 0. The Morgan fingerprint density at radius 2 is 2.00 bits per heavy atom. The first kappa shape index (κ1) is 11.5. The minimum Gasteiger partial charge on any atom is -0.352 e. The fraction of sp³-hybridized carbons (Fsp3) is 0.909. The predicted molar refractivity (Wildman–Crippen MR) is 57.8 cm³/mol. The van der Waals surface area contributed by atoms with Crippen LogP contribution >= 0.6 is 0 Å². The third-order valence-corrected chi connectivity index (χ3v) is 3.36. The number of carbonyl (C=O) groups excluding carboxylic acids is 1. The molecule has 1 amide bonds. The highest BCUT2D eigenvalue weighted by Crippen LogP contribution is 2.29. The van der Waals surface area contributed by atoms with Gasteiger partial charge in [0, 0.05) is 6.04 Å². The second-order valence-electron chi connectivity index (χ2n) is 4.76. The van der Waals surface area contributed by atoms with Gasteiger partial charge in [-0.3, -0.25) is 4.79 Å². The van der Waals surface area contributed by atoms with Gasteiger partial charge in [-0.25, -0.2) is 0 Å². The minimum absolute atomic E-state index is 0.0169. The maximum Gasteiger partial charge on any atom is 0.236 e. The van der Waals surface area contributed by atoms with E-state index in [9.17, 15) is 4.79 Å². The standard InChI is InChI=1S/C11H22N2O/c1-7-4-5-10(6-8(7)2)13-11(14)9(3)12/h7-10H,4-6,12H2,1-3H3,(H,13,14)/t7?,8?,9-,10?/m0/s1. The van der Waals surface area contributed by atoms with Crippen molar-refractivity contribution in [1.29, 1.82) is 0 Å². The van der Waals surface area contributed by atoms with E-state index >= 15 is 0 Å². The van der Waals surface area contributed by atoms with Gasteiger partial charge in [-0.1, -0.05) is 13.8 Å². The Morgan fingerprint density at radius 1 is 1.36 bits per heavy atom. The van der Waals surface area contributed by atoms with Crippen LogP contribution in [0.5, 0.6) is 0 Å². The first-order valence-electron chi connectivity index (χ1n) is 5.56. The summed E-state index contributed by atoms with van der Waals surface area (Å²) < 4.78 is 0. The quantitative estimate of drug-likeness (QED) is 0.702. The van der Waals surface area contributed by atoms with Gasteiger partial charge in [0.15, 0.2) is 0 Å². The van der Waals surface area contributed by atoms with Crippen molar-refractivity contribution in [2.45, 2.75) is 52.1 Å². The van der Waals surface area contributed by atoms with Gasteiger partial charge in [0.05, 0.1) is 6.04 Å². The first-order valence-corrected chi connectivity index (χ1v) is 5.56. The van der Waals surface area contributed by atoms with E-state index in [0.29, 0.717) is 12.0 Å². The number of amides is 1. The molecule has 1 saturated carbocycles. The van der Waals surface area contributed by atoms with Crippen LogP contribution in [0.2, 0.25) is 0 Å².